The topological polar surface area (TPSA) is 27.5 Å². The molecule has 0 saturated heterocycles. The molecule has 5 nitrogen and oxygen atoms in total. The second-order valence-corrected chi connectivity index (χ2v) is 15.1. The number of anilines is 7. The summed E-state index contributed by atoms with van der Waals surface area (Å²) in [5.41, 5.74) is 13.9. The smallest absolute Gasteiger partial charge is 0.137 e. The highest BCUT2D eigenvalue weighted by Crippen LogP contribution is 2.50. The first-order valence-corrected chi connectivity index (χ1v) is 20.2. The molecule has 5 heteroatoms. The number of aryl methyl sites for hydroxylation is 1. The molecule has 60 heavy (non-hydrogen) atoms. The molecule has 0 fully saturated rings. The van der Waals surface area contributed by atoms with Gasteiger partial charge in [0.2, 0.25) is 0 Å². The summed E-state index contributed by atoms with van der Waals surface area (Å²) in [6, 6.07) is 73.9. The largest absolute Gasteiger partial charge is 0.321 e. The van der Waals surface area contributed by atoms with Gasteiger partial charge in [0, 0.05) is 55.0 Å². The number of para-hydroxylation sites is 5. The average molecular weight is 775 g/mol. The maximum atomic E-state index is 8.24. The minimum Gasteiger partial charge on any atom is -0.321 e. The normalized spacial score (nSPS) is 13.2. The van der Waals surface area contributed by atoms with Crippen molar-refractivity contribution in [3.8, 4) is 28.1 Å². The van der Waals surface area contributed by atoms with Crippen LogP contribution in [-0.4, -0.2) is 16.2 Å². The Morgan fingerprint density at radius 1 is 0.483 bits per heavy atom. The van der Waals surface area contributed by atoms with Gasteiger partial charge in [-0.05, 0) is 96.3 Å². The Morgan fingerprint density at radius 3 is 1.78 bits per heavy atom. The van der Waals surface area contributed by atoms with E-state index in [9.17, 15) is 0 Å². The van der Waals surface area contributed by atoms with E-state index in [1.54, 1.807) is 18.3 Å². The van der Waals surface area contributed by atoms with Crippen LogP contribution in [-0.2, 0) is 0 Å². The lowest BCUT2D eigenvalue weighted by Gasteiger charge is -2.31. The molecule has 286 valence electrons. The molecular weight excluding hydrogens is 731 g/mol. The van der Waals surface area contributed by atoms with Crippen LogP contribution in [0.25, 0.3) is 49.9 Å². The van der Waals surface area contributed by atoms with E-state index in [-0.39, 0.29) is 5.56 Å². The molecule has 0 atom stereocenters. The first-order valence-electron chi connectivity index (χ1n) is 21.7. The molecule has 0 amide bonds. The molecule has 0 spiro atoms. The van der Waals surface area contributed by atoms with Crippen molar-refractivity contribution in [1.82, 2.24) is 9.55 Å². The van der Waals surface area contributed by atoms with Crippen LogP contribution in [0.1, 0.15) is 9.68 Å². The Kier molecular flexibility index (Phi) is 7.92. The molecule has 0 radical (unpaired) electrons. The van der Waals surface area contributed by atoms with Gasteiger partial charge in [0.15, 0.2) is 0 Å². The molecule has 0 saturated carbocycles. The molecule has 3 heterocycles. The van der Waals surface area contributed by atoms with E-state index in [1.807, 2.05) is 12.1 Å². The molecule has 0 bridgehead atoms. The van der Waals surface area contributed by atoms with Gasteiger partial charge < -0.3 is 14.7 Å². The van der Waals surface area contributed by atoms with E-state index in [4.69, 9.17) is 9.10 Å². The van der Waals surface area contributed by atoms with Gasteiger partial charge in [0.05, 0.1) is 28.1 Å². The Bertz CT molecular complexity index is 3220. The minimum atomic E-state index is -2.29. The van der Waals surface area contributed by atoms with E-state index in [0.717, 1.165) is 83.9 Å². The fourth-order valence-electron chi connectivity index (χ4n) is 8.84. The average Bonchev–Trinajstić information content (AvgIpc) is 3.89. The number of pyridine rings is 1. The predicted octanol–water partition coefficient (Wildman–Crippen LogP) is 14.5. The SMILES string of the molecule is [2H]C([2H])([2H])c1ccnc(-n2c3ccccc3c3ccc(N(c4cccc(N5CN(c6ccccc6)c6ccccc65)c4)c4c(-c5ccccc5)cccc4-c4ccccc4)cc32)c1. The fourth-order valence-corrected chi connectivity index (χ4v) is 8.84. The van der Waals surface area contributed by atoms with Gasteiger partial charge in [-0.25, -0.2) is 4.98 Å². The molecule has 8 aromatic carbocycles. The summed E-state index contributed by atoms with van der Waals surface area (Å²) in [6.45, 7) is -1.64. The summed E-state index contributed by atoms with van der Waals surface area (Å²) >= 11 is 0. The van der Waals surface area contributed by atoms with Gasteiger partial charge in [-0.3, -0.25) is 4.57 Å². The number of aromatic nitrogens is 2. The van der Waals surface area contributed by atoms with Crippen molar-refractivity contribution >= 4 is 61.6 Å². The van der Waals surface area contributed by atoms with E-state index in [0.29, 0.717) is 12.5 Å². The molecule has 2 aromatic heterocycles. The van der Waals surface area contributed by atoms with Gasteiger partial charge in [0.1, 0.15) is 12.5 Å². The second kappa shape index (κ2) is 14.8. The summed E-state index contributed by atoms with van der Waals surface area (Å²) in [7, 11) is 0. The zero-order valence-corrected chi connectivity index (χ0v) is 32.7. The molecule has 1 aliphatic heterocycles. The number of benzene rings is 8. The van der Waals surface area contributed by atoms with Crippen molar-refractivity contribution in [3.63, 3.8) is 0 Å². The first-order chi connectivity index (χ1) is 30.9. The van der Waals surface area contributed by atoms with Crippen LogP contribution in [0.4, 0.5) is 39.8 Å². The Hall–Kier alpha value is -7.89. The maximum absolute atomic E-state index is 8.24. The number of fused-ring (bicyclic) bond motifs is 4. The standard InChI is InChI=1S/C55H41N5/c1-39-33-34-56-54(35-39)60-50-28-12-11-25-48(50)49-32-31-45(37-53(49)60)59(55-46(40-17-5-2-6-18-40)26-16-27-47(55)41-19-7-3-8-20-41)44-24-15-23-43(36-44)58-38-57(42-21-9-4-10-22-42)51-29-13-14-30-52(51)58/h2-37H,38H2,1H3/i1D3. The molecule has 11 rings (SSSR count). The fraction of sp³-hybridized carbons (Fsp3) is 0.0364. The van der Waals surface area contributed by atoms with Crippen molar-refractivity contribution in [3.05, 3.63) is 224 Å². The van der Waals surface area contributed by atoms with E-state index < -0.39 is 6.85 Å². The van der Waals surface area contributed by atoms with Crippen molar-refractivity contribution < 1.29 is 4.11 Å². The summed E-state index contributed by atoms with van der Waals surface area (Å²) in [6.07, 6.45) is 1.59. The molecule has 0 N–H and O–H groups in total. The van der Waals surface area contributed by atoms with Crippen LogP contribution in [0.5, 0.6) is 0 Å². The third kappa shape index (κ3) is 6.07. The third-order valence-corrected chi connectivity index (χ3v) is 11.5. The summed E-state index contributed by atoms with van der Waals surface area (Å²) in [4.78, 5) is 11.9. The number of rotatable bonds is 8. The lowest BCUT2D eigenvalue weighted by atomic mass is 9.94. The number of nitrogens with zero attached hydrogens (tertiary/aromatic N) is 5. The molecule has 1 aliphatic rings. The highest BCUT2D eigenvalue weighted by atomic mass is 15.4. The van der Waals surface area contributed by atoms with E-state index in [2.05, 4.69) is 207 Å². The highest BCUT2D eigenvalue weighted by Gasteiger charge is 2.29. The Morgan fingerprint density at radius 2 is 1.07 bits per heavy atom. The molecule has 0 unspecified atom stereocenters. The lowest BCUT2D eigenvalue weighted by molar-refractivity contribution is 0.991. The predicted molar refractivity (Wildman–Crippen MR) is 251 cm³/mol. The lowest BCUT2D eigenvalue weighted by Crippen LogP contribution is -2.24. The second-order valence-electron chi connectivity index (χ2n) is 15.1. The quantitative estimate of drug-likeness (QED) is 0.154. The Balaban J connectivity index is 1.17. The van der Waals surface area contributed by atoms with Crippen LogP contribution in [0, 0.1) is 6.85 Å². The number of hydrogen-bond acceptors (Lipinski definition) is 4. The summed E-state index contributed by atoms with van der Waals surface area (Å²) in [5, 5.41) is 2.09. The van der Waals surface area contributed by atoms with Gasteiger partial charge in [0.25, 0.3) is 0 Å². The zero-order chi connectivity index (χ0) is 42.5. The van der Waals surface area contributed by atoms with Crippen LogP contribution in [0.15, 0.2) is 219 Å². The van der Waals surface area contributed by atoms with Gasteiger partial charge in [-0.2, -0.15) is 0 Å². The van der Waals surface area contributed by atoms with E-state index >= 15 is 0 Å². The monoisotopic (exact) mass is 774 g/mol. The number of hydrogen-bond donors (Lipinski definition) is 0. The third-order valence-electron chi connectivity index (χ3n) is 11.5. The van der Waals surface area contributed by atoms with Crippen LogP contribution in [0.3, 0.4) is 0 Å². The van der Waals surface area contributed by atoms with Crippen LogP contribution < -0.4 is 14.7 Å². The van der Waals surface area contributed by atoms with Gasteiger partial charge in [-0.15, -0.1) is 0 Å². The minimum absolute atomic E-state index is 0.242. The van der Waals surface area contributed by atoms with Crippen molar-refractivity contribution in [2.75, 3.05) is 21.4 Å². The Labute approximate surface area is 354 Å². The molecule has 0 aliphatic carbocycles. The van der Waals surface area contributed by atoms with E-state index in [1.165, 1.54) is 0 Å². The van der Waals surface area contributed by atoms with Gasteiger partial charge >= 0.3 is 0 Å². The van der Waals surface area contributed by atoms with Crippen LogP contribution in [0.2, 0.25) is 0 Å². The molecule has 10 aromatic rings. The highest BCUT2D eigenvalue weighted by molar-refractivity contribution is 6.11. The summed E-state index contributed by atoms with van der Waals surface area (Å²) < 4.78 is 26.8. The van der Waals surface area contributed by atoms with Crippen molar-refractivity contribution in [2.24, 2.45) is 0 Å². The molecular formula is C55H41N5. The summed E-state index contributed by atoms with van der Waals surface area (Å²) in [5.74, 6) is 0.547. The zero-order valence-electron chi connectivity index (χ0n) is 35.7. The van der Waals surface area contributed by atoms with Crippen molar-refractivity contribution in [1.29, 1.82) is 0 Å². The van der Waals surface area contributed by atoms with Gasteiger partial charge in [-0.1, -0.05) is 140 Å². The van der Waals surface area contributed by atoms with Crippen molar-refractivity contribution in [2.45, 2.75) is 6.85 Å². The van der Waals surface area contributed by atoms with Crippen LogP contribution >= 0.6 is 0 Å². The first kappa shape index (κ1) is 32.1. The maximum Gasteiger partial charge on any atom is 0.137 e.